The van der Waals surface area contributed by atoms with Crippen molar-refractivity contribution in [3.05, 3.63) is 0 Å². The van der Waals surface area contributed by atoms with Gasteiger partial charge in [0.2, 0.25) is 0 Å². The second-order valence-electron chi connectivity index (χ2n) is 0.739. The minimum atomic E-state index is 0.550. The molecule has 3 nitrogen and oxygen atoms in total. The average molecular weight is 231 g/mol. The molecule has 0 aliphatic rings. The lowest BCUT2D eigenvalue weighted by Gasteiger charge is -1.88. The van der Waals surface area contributed by atoms with E-state index in [1.165, 1.54) is 11.8 Å². The predicted octanol–water partition coefficient (Wildman–Crippen LogP) is 0.519. The van der Waals surface area contributed by atoms with Gasteiger partial charge in [-0.15, -0.1) is 5.10 Å². The molecule has 0 unspecified atom stereocenters. The monoisotopic (exact) mass is 231 g/mol. The zero-order chi connectivity index (χ0) is 5.70. The van der Waals surface area contributed by atoms with E-state index in [1.807, 2.05) is 29.1 Å². The SMILES string of the molecule is CS/C(N)=N/NI. The Balaban J connectivity index is 3.29. The van der Waals surface area contributed by atoms with Crippen molar-refractivity contribution >= 4 is 39.8 Å². The van der Waals surface area contributed by atoms with Gasteiger partial charge >= 0.3 is 0 Å². The fourth-order valence-electron chi connectivity index (χ4n) is 0.0873. The third-order valence-electron chi connectivity index (χ3n) is 0.362. The molecular weight excluding hydrogens is 225 g/mol. The lowest BCUT2D eigenvalue weighted by Crippen LogP contribution is -2.07. The van der Waals surface area contributed by atoms with Crippen molar-refractivity contribution < 1.29 is 0 Å². The van der Waals surface area contributed by atoms with Gasteiger partial charge in [-0.25, -0.2) is 3.64 Å². The molecule has 0 aromatic heterocycles. The van der Waals surface area contributed by atoms with E-state index in [0.29, 0.717) is 5.17 Å². The summed E-state index contributed by atoms with van der Waals surface area (Å²) in [7, 11) is 0. The summed E-state index contributed by atoms with van der Waals surface area (Å²) >= 11 is 3.30. The van der Waals surface area contributed by atoms with Crippen LogP contribution in [-0.4, -0.2) is 11.4 Å². The summed E-state index contributed by atoms with van der Waals surface area (Å²) in [6.45, 7) is 0. The van der Waals surface area contributed by atoms with Crippen molar-refractivity contribution in [1.82, 2.24) is 3.64 Å². The van der Waals surface area contributed by atoms with Gasteiger partial charge in [-0.05, 0) is 6.26 Å². The summed E-state index contributed by atoms with van der Waals surface area (Å²) in [5, 5.41) is 4.19. The fraction of sp³-hybridized carbons (Fsp3) is 0.500. The maximum Gasteiger partial charge on any atom is 0.178 e. The molecule has 0 aromatic carbocycles. The molecule has 0 fully saturated rings. The van der Waals surface area contributed by atoms with Crippen LogP contribution in [0.15, 0.2) is 5.10 Å². The molecule has 0 aliphatic carbocycles. The topological polar surface area (TPSA) is 50.4 Å². The van der Waals surface area contributed by atoms with Gasteiger partial charge in [0.25, 0.3) is 0 Å². The molecule has 3 N–H and O–H groups in total. The third-order valence-corrected chi connectivity index (χ3v) is 1.11. The highest BCUT2D eigenvalue weighted by molar-refractivity contribution is 14.1. The number of nitrogens with zero attached hydrogens (tertiary/aromatic N) is 1. The highest BCUT2D eigenvalue weighted by atomic mass is 127. The number of rotatable bonds is 1. The molecule has 0 amide bonds. The van der Waals surface area contributed by atoms with Gasteiger partial charge < -0.3 is 5.73 Å². The first-order valence-corrected chi connectivity index (χ1v) is 3.84. The number of hydrazone groups is 1. The van der Waals surface area contributed by atoms with Gasteiger partial charge in [0.15, 0.2) is 5.17 Å². The Bertz CT molecular complexity index is 73.3. The molecule has 5 heteroatoms. The van der Waals surface area contributed by atoms with E-state index >= 15 is 0 Å². The lowest BCUT2D eigenvalue weighted by atomic mass is 11.4. The number of thioether (sulfide) groups is 1. The first kappa shape index (κ1) is 7.35. The normalized spacial score (nSPS) is 11.4. The van der Waals surface area contributed by atoms with Crippen LogP contribution in [0.2, 0.25) is 0 Å². The molecule has 7 heavy (non-hydrogen) atoms. The molecule has 0 rings (SSSR count). The molecule has 0 radical (unpaired) electrons. The van der Waals surface area contributed by atoms with E-state index in [1.54, 1.807) is 0 Å². The van der Waals surface area contributed by atoms with Gasteiger partial charge in [-0.2, -0.15) is 0 Å². The standard InChI is InChI=1S/C2H6IN3S/c1-7-2(4)5-6-3/h6H,1H3,(H2,4,5). The number of hydrogen-bond acceptors (Lipinski definition) is 3. The fourth-order valence-corrected chi connectivity index (χ4v) is 0.648. The van der Waals surface area contributed by atoms with Gasteiger partial charge in [0, 0.05) is 0 Å². The van der Waals surface area contributed by atoms with Crippen LogP contribution < -0.4 is 9.37 Å². The van der Waals surface area contributed by atoms with E-state index in [2.05, 4.69) is 8.74 Å². The first-order chi connectivity index (χ1) is 3.31. The number of halogens is 1. The summed E-state index contributed by atoms with van der Waals surface area (Å²) in [5.41, 5.74) is 5.23. The second-order valence-corrected chi connectivity index (χ2v) is 2.05. The highest BCUT2D eigenvalue weighted by Gasteiger charge is 1.79. The van der Waals surface area contributed by atoms with Gasteiger partial charge in [-0.1, -0.05) is 11.8 Å². The van der Waals surface area contributed by atoms with Crippen LogP contribution in [0.25, 0.3) is 0 Å². The molecule has 0 aromatic rings. The van der Waals surface area contributed by atoms with Crippen LogP contribution in [0.4, 0.5) is 0 Å². The molecule has 0 atom stereocenters. The molecule has 0 heterocycles. The Kier molecular flexibility index (Phi) is 4.73. The Labute approximate surface area is 60.6 Å². The summed E-state index contributed by atoms with van der Waals surface area (Å²) in [6, 6.07) is 0. The Hall–Kier alpha value is 0.350. The second kappa shape index (κ2) is 4.51. The van der Waals surface area contributed by atoms with Gasteiger partial charge in [0.1, 0.15) is 0 Å². The Morgan fingerprint density at radius 1 is 2.00 bits per heavy atom. The van der Waals surface area contributed by atoms with Crippen molar-refractivity contribution in [2.45, 2.75) is 0 Å². The van der Waals surface area contributed by atoms with E-state index in [9.17, 15) is 0 Å². The van der Waals surface area contributed by atoms with Crippen LogP contribution >= 0.6 is 34.6 Å². The minimum Gasteiger partial charge on any atom is -0.377 e. The zero-order valence-electron chi connectivity index (χ0n) is 3.81. The van der Waals surface area contributed by atoms with Crippen LogP contribution in [0, 0.1) is 0 Å². The molecular formula is C2H6IN3S. The summed E-state index contributed by atoms with van der Waals surface area (Å²) < 4.78 is 2.53. The molecule has 0 saturated carbocycles. The number of nitrogens with one attached hydrogen (secondary N) is 1. The Morgan fingerprint density at radius 2 is 2.57 bits per heavy atom. The van der Waals surface area contributed by atoms with Crippen LogP contribution in [-0.2, 0) is 0 Å². The minimum absolute atomic E-state index is 0.550. The van der Waals surface area contributed by atoms with Crippen molar-refractivity contribution in [3.63, 3.8) is 0 Å². The summed E-state index contributed by atoms with van der Waals surface area (Å²) in [5.74, 6) is 0. The Morgan fingerprint density at radius 3 is 2.71 bits per heavy atom. The van der Waals surface area contributed by atoms with E-state index in [0.717, 1.165) is 0 Å². The summed E-state index contributed by atoms with van der Waals surface area (Å²) in [6.07, 6.45) is 1.87. The molecule has 0 saturated heterocycles. The van der Waals surface area contributed by atoms with Crippen LogP contribution in [0.3, 0.4) is 0 Å². The largest absolute Gasteiger partial charge is 0.377 e. The third kappa shape index (κ3) is 4.20. The highest BCUT2D eigenvalue weighted by Crippen LogP contribution is 1.88. The first-order valence-electron chi connectivity index (χ1n) is 1.54. The van der Waals surface area contributed by atoms with E-state index < -0.39 is 0 Å². The number of nitrogens with two attached hydrogens (primary N) is 1. The van der Waals surface area contributed by atoms with Crippen molar-refractivity contribution in [2.75, 3.05) is 6.26 Å². The maximum absolute atomic E-state index is 5.23. The maximum atomic E-state index is 5.23. The molecule has 42 valence electrons. The van der Waals surface area contributed by atoms with Gasteiger partial charge in [0.05, 0.1) is 22.9 Å². The zero-order valence-corrected chi connectivity index (χ0v) is 6.78. The molecule has 0 bridgehead atoms. The molecule has 0 aliphatic heterocycles. The van der Waals surface area contributed by atoms with E-state index in [4.69, 9.17) is 5.73 Å². The predicted molar refractivity (Wildman–Crippen MR) is 42.3 cm³/mol. The number of amidine groups is 1. The summed E-state index contributed by atoms with van der Waals surface area (Å²) in [4.78, 5) is 0. The smallest absolute Gasteiger partial charge is 0.178 e. The lowest BCUT2D eigenvalue weighted by molar-refractivity contribution is 1.17. The van der Waals surface area contributed by atoms with Crippen LogP contribution in [0.5, 0.6) is 0 Å². The quantitative estimate of drug-likeness (QED) is 0.227. The van der Waals surface area contributed by atoms with Crippen LogP contribution in [0.1, 0.15) is 0 Å². The van der Waals surface area contributed by atoms with E-state index in [-0.39, 0.29) is 0 Å². The molecule has 0 spiro atoms. The number of hydrogen-bond donors (Lipinski definition) is 2. The van der Waals surface area contributed by atoms with Crippen molar-refractivity contribution in [2.24, 2.45) is 10.8 Å². The van der Waals surface area contributed by atoms with Gasteiger partial charge in [-0.3, -0.25) is 0 Å². The van der Waals surface area contributed by atoms with Crippen molar-refractivity contribution in [3.8, 4) is 0 Å². The van der Waals surface area contributed by atoms with Crippen molar-refractivity contribution in [1.29, 1.82) is 0 Å². The average Bonchev–Trinajstić information content (AvgIpc) is 1.68.